The molecule has 0 atom stereocenters. The highest BCUT2D eigenvalue weighted by Crippen LogP contribution is 2.06. The number of carbonyl (C=O) groups is 1. The van der Waals surface area contributed by atoms with Gasteiger partial charge in [-0.1, -0.05) is 5.16 Å². The van der Waals surface area contributed by atoms with Gasteiger partial charge in [-0.15, -0.1) is 0 Å². The highest BCUT2D eigenvalue weighted by atomic mass is 16.5. The summed E-state index contributed by atoms with van der Waals surface area (Å²) in [6.45, 7) is 1.99. The van der Waals surface area contributed by atoms with Crippen LogP contribution < -0.4 is 5.56 Å². The molecule has 0 unspecified atom stereocenters. The predicted molar refractivity (Wildman–Crippen MR) is 78.4 cm³/mol. The molecule has 0 amide bonds. The van der Waals surface area contributed by atoms with Crippen molar-refractivity contribution in [3.8, 4) is 0 Å². The lowest BCUT2D eigenvalue weighted by atomic mass is 10.4. The van der Waals surface area contributed by atoms with E-state index in [9.17, 15) is 9.59 Å². The molecule has 0 aromatic carbocycles. The van der Waals surface area contributed by atoms with E-state index in [2.05, 4.69) is 15.2 Å². The van der Waals surface area contributed by atoms with Gasteiger partial charge in [0, 0.05) is 19.7 Å². The Balaban J connectivity index is 1.60. The van der Waals surface area contributed by atoms with Crippen molar-refractivity contribution in [2.24, 2.45) is 7.05 Å². The van der Waals surface area contributed by atoms with E-state index in [0.717, 1.165) is 5.69 Å². The minimum Gasteiger partial charge on any atom is -0.457 e. The van der Waals surface area contributed by atoms with Gasteiger partial charge in [0.2, 0.25) is 0 Å². The van der Waals surface area contributed by atoms with Crippen molar-refractivity contribution in [2.75, 3.05) is 0 Å². The molecule has 3 rings (SSSR count). The third kappa shape index (κ3) is 3.12. The number of aromatic nitrogens is 5. The van der Waals surface area contributed by atoms with Gasteiger partial charge >= 0.3 is 5.97 Å². The Kier molecular flexibility index (Phi) is 3.92. The number of hydrogen-bond donors (Lipinski definition) is 0. The Hall–Kier alpha value is -2.97. The van der Waals surface area contributed by atoms with E-state index < -0.39 is 5.97 Å². The highest BCUT2D eigenvalue weighted by molar-refractivity contribution is 5.73. The van der Waals surface area contributed by atoms with Gasteiger partial charge in [0.25, 0.3) is 5.56 Å². The molecule has 0 N–H and O–H groups in total. The fourth-order valence-corrected chi connectivity index (χ4v) is 2.15. The van der Waals surface area contributed by atoms with Gasteiger partial charge in [0.15, 0.2) is 18.0 Å². The minimum absolute atomic E-state index is 0.0223. The fraction of sp³-hybridized carbons (Fsp3) is 0.357. The molecule has 9 heteroatoms. The maximum atomic E-state index is 12.2. The molecule has 23 heavy (non-hydrogen) atoms. The number of hydrogen-bond acceptors (Lipinski definition) is 7. The Labute approximate surface area is 130 Å². The van der Waals surface area contributed by atoms with Gasteiger partial charge in [-0.2, -0.15) is 5.10 Å². The van der Waals surface area contributed by atoms with Crippen molar-refractivity contribution in [3.05, 3.63) is 40.4 Å². The van der Waals surface area contributed by atoms with Gasteiger partial charge in [0.1, 0.15) is 5.39 Å². The van der Waals surface area contributed by atoms with Gasteiger partial charge < -0.3 is 9.26 Å². The highest BCUT2D eigenvalue weighted by Gasteiger charge is 2.11. The standard InChI is InChI=1S/C14H15N5O4/c1-9-5-10(23-17-9)7-22-12(20)3-4-19-8-15-13-11(14(19)21)6-16-18(13)2/h5-6,8H,3-4,7H2,1-2H3. The summed E-state index contributed by atoms with van der Waals surface area (Å²) in [4.78, 5) is 28.1. The number of rotatable bonds is 5. The van der Waals surface area contributed by atoms with Gasteiger partial charge in [0.05, 0.1) is 24.6 Å². The Morgan fingerprint density at radius 2 is 2.26 bits per heavy atom. The smallest absolute Gasteiger partial charge is 0.308 e. The van der Waals surface area contributed by atoms with Crippen molar-refractivity contribution in [3.63, 3.8) is 0 Å². The molecule has 3 heterocycles. The number of fused-ring (bicyclic) bond motifs is 1. The normalized spacial score (nSPS) is 11.0. The van der Waals surface area contributed by atoms with Gasteiger partial charge in [-0.3, -0.25) is 18.8 Å². The molecule has 0 fully saturated rings. The van der Waals surface area contributed by atoms with Crippen molar-refractivity contribution >= 4 is 17.0 Å². The largest absolute Gasteiger partial charge is 0.457 e. The summed E-state index contributed by atoms with van der Waals surface area (Å²) in [6.07, 6.45) is 2.92. The van der Waals surface area contributed by atoms with Crippen LogP contribution in [0, 0.1) is 6.92 Å². The first-order chi connectivity index (χ1) is 11.0. The number of esters is 1. The average molecular weight is 317 g/mol. The van der Waals surface area contributed by atoms with Crippen LogP contribution in [0.2, 0.25) is 0 Å². The molecule has 3 aromatic heterocycles. The molecular weight excluding hydrogens is 302 g/mol. The molecule has 0 saturated heterocycles. The first-order valence-electron chi connectivity index (χ1n) is 6.99. The van der Waals surface area contributed by atoms with Gasteiger partial charge in [-0.05, 0) is 6.92 Å². The summed E-state index contributed by atoms with van der Waals surface area (Å²) >= 11 is 0. The molecule has 9 nitrogen and oxygen atoms in total. The molecule has 0 aliphatic heterocycles. The van der Waals surface area contributed by atoms with E-state index in [1.54, 1.807) is 20.0 Å². The summed E-state index contributed by atoms with van der Waals surface area (Å²) in [7, 11) is 1.71. The van der Waals surface area contributed by atoms with Crippen LogP contribution in [-0.2, 0) is 29.7 Å². The average Bonchev–Trinajstić information content (AvgIpc) is 3.11. The molecule has 0 aliphatic carbocycles. The predicted octanol–water partition coefficient (Wildman–Crippen LogP) is 0.560. The van der Waals surface area contributed by atoms with Crippen LogP contribution in [0.4, 0.5) is 0 Å². The lowest BCUT2D eigenvalue weighted by Gasteiger charge is -2.05. The Morgan fingerprint density at radius 3 is 3.00 bits per heavy atom. The van der Waals surface area contributed by atoms with Gasteiger partial charge in [-0.25, -0.2) is 4.98 Å². The van der Waals surface area contributed by atoms with Crippen molar-refractivity contribution in [1.29, 1.82) is 0 Å². The van der Waals surface area contributed by atoms with Crippen LogP contribution in [0.25, 0.3) is 11.0 Å². The van der Waals surface area contributed by atoms with Crippen LogP contribution in [0.3, 0.4) is 0 Å². The number of ether oxygens (including phenoxy) is 1. The topological polar surface area (TPSA) is 105 Å². The summed E-state index contributed by atoms with van der Waals surface area (Å²) in [5.41, 5.74) is 0.995. The number of nitrogens with zero attached hydrogens (tertiary/aromatic N) is 5. The van der Waals surface area contributed by atoms with Crippen LogP contribution in [0.1, 0.15) is 17.9 Å². The monoisotopic (exact) mass is 317 g/mol. The van der Waals surface area contributed by atoms with Crippen LogP contribution in [0.5, 0.6) is 0 Å². The second-order valence-corrected chi connectivity index (χ2v) is 5.09. The van der Waals surface area contributed by atoms with E-state index in [1.807, 2.05) is 0 Å². The SMILES string of the molecule is Cc1cc(COC(=O)CCn2cnc3c(cnn3C)c2=O)on1. The number of aryl methyl sites for hydroxylation is 3. The zero-order valence-electron chi connectivity index (χ0n) is 12.7. The first-order valence-corrected chi connectivity index (χ1v) is 6.99. The number of carbonyl (C=O) groups excluding carboxylic acids is 1. The van der Waals surface area contributed by atoms with Crippen LogP contribution in [0.15, 0.2) is 27.9 Å². The molecule has 3 aromatic rings. The third-order valence-corrected chi connectivity index (χ3v) is 3.33. The maximum Gasteiger partial charge on any atom is 0.308 e. The summed E-state index contributed by atoms with van der Waals surface area (Å²) in [5, 5.41) is 8.11. The maximum absolute atomic E-state index is 12.2. The molecule has 0 aliphatic rings. The van der Waals surface area contributed by atoms with Crippen LogP contribution >= 0.6 is 0 Å². The minimum atomic E-state index is -0.433. The molecule has 0 saturated carbocycles. The van der Waals surface area contributed by atoms with E-state index in [0.29, 0.717) is 16.8 Å². The third-order valence-electron chi connectivity index (χ3n) is 3.33. The molecular formula is C14H15N5O4. The summed E-state index contributed by atoms with van der Waals surface area (Å²) < 4.78 is 12.9. The summed E-state index contributed by atoms with van der Waals surface area (Å²) in [6, 6.07) is 1.69. The lowest BCUT2D eigenvalue weighted by Crippen LogP contribution is -2.22. The second-order valence-electron chi connectivity index (χ2n) is 5.09. The quantitative estimate of drug-likeness (QED) is 0.633. The molecule has 0 bridgehead atoms. The van der Waals surface area contributed by atoms with E-state index >= 15 is 0 Å². The first kappa shape index (κ1) is 14.9. The second kappa shape index (κ2) is 6.03. The van der Waals surface area contributed by atoms with E-state index in [4.69, 9.17) is 9.26 Å². The van der Waals surface area contributed by atoms with E-state index in [1.165, 1.54) is 21.8 Å². The fourth-order valence-electron chi connectivity index (χ4n) is 2.15. The zero-order chi connectivity index (χ0) is 16.4. The zero-order valence-corrected chi connectivity index (χ0v) is 12.7. The Bertz CT molecular complexity index is 907. The van der Waals surface area contributed by atoms with Crippen molar-refractivity contribution in [2.45, 2.75) is 26.5 Å². The Morgan fingerprint density at radius 1 is 1.43 bits per heavy atom. The lowest BCUT2D eigenvalue weighted by molar-refractivity contribution is -0.145. The summed E-state index contributed by atoms with van der Waals surface area (Å²) in [5.74, 6) is 0.0451. The molecule has 0 radical (unpaired) electrons. The van der Waals surface area contributed by atoms with Crippen molar-refractivity contribution in [1.82, 2.24) is 24.5 Å². The van der Waals surface area contributed by atoms with Crippen LogP contribution in [-0.4, -0.2) is 30.5 Å². The molecule has 0 spiro atoms. The van der Waals surface area contributed by atoms with E-state index in [-0.39, 0.29) is 25.1 Å². The molecule has 120 valence electrons. The van der Waals surface area contributed by atoms with Crippen molar-refractivity contribution < 1.29 is 14.1 Å².